The molecule has 19 heavy (non-hydrogen) atoms. The fourth-order valence-corrected chi connectivity index (χ4v) is 1.93. The second-order valence-electron chi connectivity index (χ2n) is 4.74. The highest BCUT2D eigenvalue weighted by Crippen LogP contribution is 2.12. The predicted molar refractivity (Wildman–Crippen MR) is 77.9 cm³/mol. The fraction of sp³-hybridized carbons (Fsp3) is 0.188. The van der Waals surface area contributed by atoms with Crippen LogP contribution in [0.5, 0.6) is 0 Å². The number of carbonyl (C=O) groups is 1. The molecule has 0 saturated heterocycles. The average Bonchev–Trinajstić information content (AvgIpc) is 2.37. The molecule has 1 amide bonds. The number of aryl methyl sites for hydroxylation is 2. The number of anilines is 1. The molecule has 0 spiro atoms. The number of nitrogen functional groups attached to an aromatic ring is 1. The summed E-state index contributed by atoms with van der Waals surface area (Å²) in [5.41, 5.74) is 10.2. The second-order valence-corrected chi connectivity index (χ2v) is 4.74. The van der Waals surface area contributed by atoms with Crippen LogP contribution >= 0.6 is 0 Å². The zero-order valence-corrected chi connectivity index (χ0v) is 11.2. The third-order valence-corrected chi connectivity index (χ3v) is 3.07. The lowest BCUT2D eigenvalue weighted by molar-refractivity contribution is 0.0950. The van der Waals surface area contributed by atoms with Gasteiger partial charge in [-0.3, -0.25) is 4.79 Å². The van der Waals surface area contributed by atoms with Gasteiger partial charge in [0.05, 0.1) is 0 Å². The largest absolute Gasteiger partial charge is 0.399 e. The van der Waals surface area contributed by atoms with Crippen molar-refractivity contribution < 1.29 is 4.79 Å². The van der Waals surface area contributed by atoms with Crippen molar-refractivity contribution in [3.05, 3.63) is 64.7 Å². The monoisotopic (exact) mass is 254 g/mol. The number of carbonyl (C=O) groups excluding carboxylic acids is 1. The Morgan fingerprint density at radius 1 is 1.11 bits per heavy atom. The van der Waals surface area contributed by atoms with E-state index in [0.717, 1.165) is 11.1 Å². The van der Waals surface area contributed by atoms with Crippen LogP contribution in [0.2, 0.25) is 0 Å². The Balaban J connectivity index is 2.03. The highest BCUT2D eigenvalue weighted by atomic mass is 16.1. The maximum atomic E-state index is 12.1. The van der Waals surface area contributed by atoms with Crippen molar-refractivity contribution in [2.45, 2.75) is 20.4 Å². The molecule has 0 aliphatic carbocycles. The minimum absolute atomic E-state index is 0.0712. The third kappa shape index (κ3) is 3.35. The molecule has 3 nitrogen and oxygen atoms in total. The fourth-order valence-electron chi connectivity index (χ4n) is 1.93. The van der Waals surface area contributed by atoms with Gasteiger partial charge in [-0.1, -0.05) is 29.8 Å². The molecule has 0 bridgehead atoms. The van der Waals surface area contributed by atoms with Crippen molar-refractivity contribution in [2.24, 2.45) is 0 Å². The highest BCUT2D eigenvalue weighted by Gasteiger charge is 2.08. The van der Waals surface area contributed by atoms with E-state index in [1.807, 2.05) is 38.1 Å². The molecule has 0 heterocycles. The highest BCUT2D eigenvalue weighted by molar-refractivity contribution is 5.95. The van der Waals surface area contributed by atoms with E-state index in [1.54, 1.807) is 18.2 Å². The van der Waals surface area contributed by atoms with Gasteiger partial charge in [-0.05, 0) is 43.2 Å². The maximum absolute atomic E-state index is 12.1. The van der Waals surface area contributed by atoms with Gasteiger partial charge < -0.3 is 11.1 Å². The van der Waals surface area contributed by atoms with E-state index in [9.17, 15) is 4.79 Å². The summed E-state index contributed by atoms with van der Waals surface area (Å²) in [6, 6.07) is 13.4. The lowest BCUT2D eigenvalue weighted by atomic mass is 10.1. The molecule has 0 aliphatic heterocycles. The molecule has 0 fully saturated rings. The standard InChI is InChI=1S/C16H18N2O/c1-11-3-5-13(6-4-11)10-18-16(19)15-8-7-14(17)9-12(15)2/h3-9H,10,17H2,1-2H3,(H,18,19). The first kappa shape index (κ1) is 13.1. The van der Waals surface area contributed by atoms with Crippen molar-refractivity contribution in [3.8, 4) is 0 Å². The summed E-state index contributed by atoms with van der Waals surface area (Å²) in [5, 5.41) is 2.92. The first-order valence-corrected chi connectivity index (χ1v) is 6.26. The van der Waals surface area contributed by atoms with Gasteiger partial charge in [-0.15, -0.1) is 0 Å². The van der Waals surface area contributed by atoms with Crippen LogP contribution in [0.15, 0.2) is 42.5 Å². The van der Waals surface area contributed by atoms with E-state index in [2.05, 4.69) is 5.32 Å². The van der Waals surface area contributed by atoms with Crippen molar-refractivity contribution >= 4 is 11.6 Å². The molecule has 2 aromatic rings. The summed E-state index contributed by atoms with van der Waals surface area (Å²) in [4.78, 5) is 12.1. The molecule has 2 aromatic carbocycles. The summed E-state index contributed by atoms with van der Waals surface area (Å²) in [6.07, 6.45) is 0. The van der Waals surface area contributed by atoms with Crippen LogP contribution in [-0.4, -0.2) is 5.91 Å². The minimum Gasteiger partial charge on any atom is -0.399 e. The SMILES string of the molecule is Cc1ccc(CNC(=O)c2ccc(N)cc2C)cc1. The Labute approximate surface area is 113 Å². The van der Waals surface area contributed by atoms with Gasteiger partial charge in [-0.2, -0.15) is 0 Å². The number of nitrogens with one attached hydrogen (secondary N) is 1. The van der Waals surface area contributed by atoms with Crippen molar-refractivity contribution in [2.75, 3.05) is 5.73 Å². The molecule has 0 saturated carbocycles. The number of benzene rings is 2. The van der Waals surface area contributed by atoms with Crippen LogP contribution in [0.25, 0.3) is 0 Å². The zero-order valence-electron chi connectivity index (χ0n) is 11.2. The molecule has 0 atom stereocenters. The molecule has 0 aliphatic rings. The van der Waals surface area contributed by atoms with Crippen molar-refractivity contribution in [1.82, 2.24) is 5.32 Å². The van der Waals surface area contributed by atoms with E-state index >= 15 is 0 Å². The normalized spacial score (nSPS) is 10.2. The zero-order chi connectivity index (χ0) is 13.8. The smallest absolute Gasteiger partial charge is 0.251 e. The summed E-state index contributed by atoms with van der Waals surface area (Å²) >= 11 is 0. The molecule has 3 N–H and O–H groups in total. The van der Waals surface area contributed by atoms with Gasteiger partial charge in [0, 0.05) is 17.8 Å². The van der Waals surface area contributed by atoms with Crippen LogP contribution < -0.4 is 11.1 Å². The van der Waals surface area contributed by atoms with Gasteiger partial charge in [0.1, 0.15) is 0 Å². The van der Waals surface area contributed by atoms with Crippen LogP contribution in [0, 0.1) is 13.8 Å². The molecule has 3 heteroatoms. The Bertz CT molecular complexity index is 588. The molecule has 0 aromatic heterocycles. The maximum Gasteiger partial charge on any atom is 0.251 e. The summed E-state index contributed by atoms with van der Waals surface area (Å²) < 4.78 is 0. The van der Waals surface area contributed by atoms with Crippen LogP contribution in [0.1, 0.15) is 27.0 Å². The Kier molecular flexibility index (Phi) is 3.85. The van der Waals surface area contributed by atoms with Gasteiger partial charge in [0.25, 0.3) is 5.91 Å². The Hall–Kier alpha value is -2.29. The van der Waals surface area contributed by atoms with E-state index in [-0.39, 0.29) is 5.91 Å². The van der Waals surface area contributed by atoms with Crippen molar-refractivity contribution in [1.29, 1.82) is 0 Å². The molecular formula is C16H18N2O. The van der Waals surface area contributed by atoms with Gasteiger partial charge in [-0.25, -0.2) is 0 Å². The number of hydrogen-bond acceptors (Lipinski definition) is 2. The summed E-state index contributed by atoms with van der Waals surface area (Å²) in [5.74, 6) is -0.0712. The number of hydrogen-bond donors (Lipinski definition) is 2. The van der Waals surface area contributed by atoms with Gasteiger partial charge in [0.15, 0.2) is 0 Å². The predicted octanol–water partition coefficient (Wildman–Crippen LogP) is 2.82. The molecular weight excluding hydrogens is 236 g/mol. The average molecular weight is 254 g/mol. The third-order valence-electron chi connectivity index (χ3n) is 3.07. The van der Waals surface area contributed by atoms with Crippen LogP contribution in [-0.2, 0) is 6.54 Å². The van der Waals surface area contributed by atoms with E-state index < -0.39 is 0 Å². The van der Waals surface area contributed by atoms with Crippen LogP contribution in [0.4, 0.5) is 5.69 Å². The Morgan fingerprint density at radius 2 is 1.79 bits per heavy atom. The van der Waals surface area contributed by atoms with Gasteiger partial charge >= 0.3 is 0 Å². The topological polar surface area (TPSA) is 55.1 Å². The first-order valence-electron chi connectivity index (χ1n) is 6.26. The summed E-state index contributed by atoms with van der Waals surface area (Å²) in [7, 11) is 0. The first-order chi connectivity index (χ1) is 9.06. The molecule has 2 rings (SSSR count). The summed E-state index contributed by atoms with van der Waals surface area (Å²) in [6.45, 7) is 4.46. The molecule has 0 unspecified atom stereocenters. The quantitative estimate of drug-likeness (QED) is 0.827. The minimum atomic E-state index is -0.0712. The number of rotatable bonds is 3. The van der Waals surface area contributed by atoms with Crippen molar-refractivity contribution in [3.63, 3.8) is 0 Å². The number of nitrogens with two attached hydrogens (primary N) is 1. The van der Waals surface area contributed by atoms with E-state index in [4.69, 9.17) is 5.73 Å². The van der Waals surface area contributed by atoms with E-state index in [1.165, 1.54) is 5.56 Å². The molecule has 0 radical (unpaired) electrons. The lowest BCUT2D eigenvalue weighted by Crippen LogP contribution is -2.23. The van der Waals surface area contributed by atoms with Gasteiger partial charge in [0.2, 0.25) is 0 Å². The lowest BCUT2D eigenvalue weighted by Gasteiger charge is -2.08. The second kappa shape index (κ2) is 5.57. The molecule has 98 valence electrons. The van der Waals surface area contributed by atoms with E-state index in [0.29, 0.717) is 17.8 Å². The number of amides is 1. The Morgan fingerprint density at radius 3 is 2.42 bits per heavy atom. The van der Waals surface area contributed by atoms with Crippen LogP contribution in [0.3, 0.4) is 0 Å².